The van der Waals surface area contributed by atoms with Gasteiger partial charge >= 0.3 is 23.1 Å². The molecule has 0 aromatic heterocycles. The van der Waals surface area contributed by atoms with Gasteiger partial charge in [0.2, 0.25) is 0 Å². The first kappa shape index (κ1) is 21.1. The first-order valence-electron chi connectivity index (χ1n) is 6.31. The topological polar surface area (TPSA) is 121 Å². The van der Waals surface area contributed by atoms with Gasteiger partial charge in [0.1, 0.15) is 12.2 Å². The molecule has 0 saturated heterocycles. The maximum Gasteiger partial charge on any atom is 2.00 e. The van der Waals surface area contributed by atoms with Gasteiger partial charge in [0.05, 0.1) is 11.9 Å². The second kappa shape index (κ2) is 10.7. The third-order valence-electron chi connectivity index (χ3n) is 2.68. The number of hydrogen-bond donors (Lipinski definition) is 2. The van der Waals surface area contributed by atoms with Gasteiger partial charge in [-0.25, -0.2) is 0 Å². The van der Waals surface area contributed by atoms with E-state index in [1.807, 2.05) is 0 Å². The van der Waals surface area contributed by atoms with E-state index in [0.717, 1.165) is 0 Å². The predicted octanol–water partition coefficient (Wildman–Crippen LogP) is -1.44. The number of carboxylic acid groups (broad SMARTS) is 2. The Morgan fingerprint density at radius 3 is 1.17 bits per heavy atom. The van der Waals surface area contributed by atoms with E-state index in [2.05, 4.69) is 0 Å². The van der Waals surface area contributed by atoms with Crippen molar-refractivity contribution in [3.8, 4) is 0 Å². The van der Waals surface area contributed by atoms with Gasteiger partial charge in [-0.05, 0) is 11.1 Å². The summed E-state index contributed by atoms with van der Waals surface area (Å²) in [6.07, 6.45) is -3.03. The molecule has 2 N–H and O–H groups in total. The summed E-state index contributed by atoms with van der Waals surface area (Å²) in [5.74, 6) is -2.95. The molecular formula is C16H14MgO6. The van der Waals surface area contributed by atoms with E-state index in [-0.39, 0.29) is 23.1 Å². The molecule has 116 valence electrons. The molecule has 23 heavy (non-hydrogen) atoms. The van der Waals surface area contributed by atoms with Crippen molar-refractivity contribution in [1.29, 1.82) is 0 Å². The second-order valence-corrected chi connectivity index (χ2v) is 4.26. The van der Waals surface area contributed by atoms with Crippen LogP contribution in [0, 0.1) is 0 Å². The Labute approximate surface area is 149 Å². The zero-order valence-corrected chi connectivity index (χ0v) is 13.6. The summed E-state index contributed by atoms with van der Waals surface area (Å²) in [4.78, 5) is 20.3. The number of aliphatic hydroxyl groups is 2. The quantitative estimate of drug-likeness (QED) is 0.664. The summed E-state index contributed by atoms with van der Waals surface area (Å²) in [7, 11) is 0. The van der Waals surface area contributed by atoms with Crippen LogP contribution in [0.15, 0.2) is 60.7 Å². The fourth-order valence-electron chi connectivity index (χ4n) is 1.54. The molecule has 6 nitrogen and oxygen atoms in total. The molecule has 0 heterocycles. The summed E-state index contributed by atoms with van der Waals surface area (Å²) in [5, 5.41) is 38.1. The van der Waals surface area contributed by atoms with Crippen molar-refractivity contribution in [3.05, 3.63) is 71.8 Å². The number of rotatable bonds is 4. The molecule has 0 amide bonds. The Morgan fingerprint density at radius 2 is 0.957 bits per heavy atom. The van der Waals surface area contributed by atoms with Crippen LogP contribution in [-0.4, -0.2) is 45.2 Å². The number of benzene rings is 2. The number of carbonyl (C=O) groups excluding carboxylic acids is 2. The van der Waals surface area contributed by atoms with Crippen molar-refractivity contribution < 1.29 is 30.0 Å². The monoisotopic (exact) mass is 326 g/mol. The van der Waals surface area contributed by atoms with E-state index in [1.54, 1.807) is 36.4 Å². The standard InChI is InChI=1S/2C8H8O3.Mg/c2*9-7(8(10)11)6-4-2-1-3-5-6;/h2*1-5,7,9H,(H,10,11);/q;;+2/p-2/t2*7-;/m11./s1. The molecule has 0 aliphatic heterocycles. The minimum absolute atomic E-state index is 0. The van der Waals surface area contributed by atoms with E-state index in [0.29, 0.717) is 11.1 Å². The van der Waals surface area contributed by atoms with Crippen molar-refractivity contribution >= 4 is 35.0 Å². The number of aliphatic carboxylic acids is 2. The molecule has 0 aliphatic rings. The molecule has 7 heteroatoms. The van der Waals surface area contributed by atoms with Crippen LogP contribution in [-0.2, 0) is 9.59 Å². The summed E-state index contributed by atoms with van der Waals surface area (Å²) >= 11 is 0. The maximum absolute atomic E-state index is 10.1. The van der Waals surface area contributed by atoms with E-state index in [4.69, 9.17) is 10.2 Å². The molecule has 0 fully saturated rings. The summed E-state index contributed by atoms with van der Waals surface area (Å²) in [5.41, 5.74) is 0.681. The van der Waals surface area contributed by atoms with E-state index >= 15 is 0 Å². The van der Waals surface area contributed by atoms with Crippen LogP contribution in [0.25, 0.3) is 0 Å². The predicted molar refractivity (Wildman–Crippen MR) is 78.6 cm³/mol. The Bertz CT molecular complexity index is 547. The van der Waals surface area contributed by atoms with Crippen molar-refractivity contribution in [2.45, 2.75) is 12.2 Å². The molecule has 2 aromatic rings. The van der Waals surface area contributed by atoms with E-state index in [1.165, 1.54) is 24.3 Å². The van der Waals surface area contributed by atoms with Crippen LogP contribution in [0.2, 0.25) is 0 Å². The molecule has 0 saturated carbocycles. The van der Waals surface area contributed by atoms with Gasteiger partial charge in [-0.1, -0.05) is 60.7 Å². The van der Waals surface area contributed by atoms with Crippen LogP contribution in [0.3, 0.4) is 0 Å². The summed E-state index contributed by atoms with van der Waals surface area (Å²) < 4.78 is 0. The molecule has 0 unspecified atom stereocenters. The largest absolute Gasteiger partial charge is 2.00 e. The van der Waals surface area contributed by atoms with Gasteiger partial charge in [-0.2, -0.15) is 0 Å². The van der Waals surface area contributed by atoms with Crippen LogP contribution in [0.5, 0.6) is 0 Å². The Morgan fingerprint density at radius 1 is 0.696 bits per heavy atom. The van der Waals surface area contributed by atoms with Crippen LogP contribution in [0.4, 0.5) is 0 Å². The van der Waals surface area contributed by atoms with Gasteiger partial charge in [0, 0.05) is 0 Å². The molecule has 2 aromatic carbocycles. The average Bonchev–Trinajstić information content (AvgIpc) is 2.55. The maximum atomic E-state index is 10.1. The van der Waals surface area contributed by atoms with Gasteiger partial charge in [-0.15, -0.1) is 0 Å². The van der Waals surface area contributed by atoms with Gasteiger partial charge in [0.15, 0.2) is 0 Å². The average molecular weight is 327 g/mol. The molecule has 0 spiro atoms. The molecule has 0 radical (unpaired) electrons. The normalized spacial score (nSPS) is 11.9. The minimum atomic E-state index is -1.52. The third kappa shape index (κ3) is 7.25. The summed E-state index contributed by atoms with van der Waals surface area (Å²) in [6, 6.07) is 16.2. The third-order valence-corrected chi connectivity index (χ3v) is 2.68. The van der Waals surface area contributed by atoms with Gasteiger partial charge < -0.3 is 30.0 Å². The Balaban J connectivity index is 0.000000403. The van der Waals surface area contributed by atoms with Crippen LogP contribution in [0.1, 0.15) is 23.3 Å². The zero-order chi connectivity index (χ0) is 16.5. The Kier molecular flexibility index (Phi) is 9.83. The molecular weight excluding hydrogens is 312 g/mol. The van der Waals surface area contributed by atoms with Gasteiger partial charge in [-0.3, -0.25) is 0 Å². The molecule has 0 aliphatic carbocycles. The smallest absolute Gasteiger partial charge is 0.547 e. The fourth-order valence-corrected chi connectivity index (χ4v) is 1.54. The first-order chi connectivity index (χ1) is 10.4. The van der Waals surface area contributed by atoms with E-state index < -0.39 is 24.1 Å². The van der Waals surface area contributed by atoms with E-state index in [9.17, 15) is 19.8 Å². The fraction of sp³-hybridized carbons (Fsp3) is 0.125. The SMILES string of the molecule is O=C([O-])[C@H](O)c1ccccc1.O=C([O-])[C@H](O)c1ccccc1.[Mg+2]. The second-order valence-electron chi connectivity index (χ2n) is 4.26. The molecule has 2 atom stereocenters. The van der Waals surface area contributed by atoms with Crippen LogP contribution < -0.4 is 10.2 Å². The number of hydrogen-bond acceptors (Lipinski definition) is 6. The molecule has 0 bridgehead atoms. The van der Waals surface area contributed by atoms with Crippen molar-refractivity contribution in [2.75, 3.05) is 0 Å². The van der Waals surface area contributed by atoms with Crippen LogP contribution >= 0.6 is 0 Å². The summed E-state index contributed by atoms with van der Waals surface area (Å²) in [6.45, 7) is 0. The van der Waals surface area contributed by atoms with Crippen molar-refractivity contribution in [2.24, 2.45) is 0 Å². The number of carboxylic acids is 2. The minimum Gasteiger partial charge on any atom is -0.547 e. The Hall–Kier alpha value is -1.93. The van der Waals surface area contributed by atoms with Crippen molar-refractivity contribution in [3.63, 3.8) is 0 Å². The van der Waals surface area contributed by atoms with Gasteiger partial charge in [0.25, 0.3) is 0 Å². The number of aliphatic hydroxyl groups excluding tert-OH is 2. The van der Waals surface area contributed by atoms with Crippen molar-refractivity contribution in [1.82, 2.24) is 0 Å². The first-order valence-corrected chi connectivity index (χ1v) is 6.31. The number of carbonyl (C=O) groups is 2. The molecule has 2 rings (SSSR count). The zero-order valence-electron chi connectivity index (χ0n) is 12.2.